The maximum atomic E-state index is 3.59. The zero-order valence-corrected chi connectivity index (χ0v) is 6.04. The summed E-state index contributed by atoms with van der Waals surface area (Å²) in [6, 6.07) is 0. The first kappa shape index (κ1) is 7.11. The molecular weight excluding hydrogens is 122 g/mol. The normalized spacial score (nSPS) is 18.0. The van der Waals surface area contributed by atoms with Gasteiger partial charge in [-0.2, -0.15) is 0 Å². The first-order chi connectivity index (χ1) is 4.86. The van der Waals surface area contributed by atoms with E-state index in [1.807, 2.05) is 0 Å². The van der Waals surface area contributed by atoms with Gasteiger partial charge in [-0.1, -0.05) is 13.2 Å². The van der Waals surface area contributed by atoms with Crippen molar-refractivity contribution in [2.24, 2.45) is 0 Å². The molecule has 0 radical (unpaired) electrons. The van der Waals surface area contributed by atoms with Gasteiger partial charge in [-0.15, -0.1) is 11.5 Å². The Morgan fingerprint density at radius 2 is 1.60 bits per heavy atom. The molecule has 10 heavy (non-hydrogen) atoms. The van der Waals surface area contributed by atoms with Gasteiger partial charge in [0.05, 0.1) is 0 Å². The van der Waals surface area contributed by atoms with Crippen LogP contribution in [-0.2, 0) is 0 Å². The van der Waals surface area contributed by atoms with Crippen LogP contribution in [0, 0.1) is 0 Å². The molecule has 1 saturated heterocycles. The van der Waals surface area contributed by atoms with E-state index in [1.54, 1.807) is 0 Å². The third-order valence-electron chi connectivity index (χ3n) is 1.60. The fraction of sp³-hybridized carbons (Fsp3) is 0.333. The van der Waals surface area contributed by atoms with Gasteiger partial charge < -0.3 is 5.32 Å². The zero-order valence-electron chi connectivity index (χ0n) is 6.04. The highest BCUT2D eigenvalue weighted by Gasteiger charge is 2.06. The first-order valence-corrected chi connectivity index (χ1v) is 3.33. The molecular formula is C9H11N. The molecule has 1 aliphatic rings. The van der Waals surface area contributed by atoms with Crippen molar-refractivity contribution in [3.8, 4) is 0 Å². The van der Waals surface area contributed by atoms with Crippen LogP contribution in [0.4, 0.5) is 0 Å². The summed E-state index contributed by atoms with van der Waals surface area (Å²) in [7, 11) is 0. The molecule has 0 unspecified atom stereocenters. The fourth-order valence-electron chi connectivity index (χ4n) is 0.997. The zero-order chi connectivity index (χ0) is 7.40. The number of piperidine rings is 1. The number of hydrogen-bond donors (Lipinski definition) is 1. The van der Waals surface area contributed by atoms with Crippen LogP contribution in [0.5, 0.6) is 0 Å². The van der Waals surface area contributed by atoms with Gasteiger partial charge in [-0.25, -0.2) is 0 Å². The van der Waals surface area contributed by atoms with Crippen molar-refractivity contribution in [2.45, 2.75) is 6.42 Å². The summed E-state index contributed by atoms with van der Waals surface area (Å²) in [5.74, 6) is 0. The van der Waals surface area contributed by atoms with Gasteiger partial charge >= 0.3 is 0 Å². The highest BCUT2D eigenvalue weighted by Crippen LogP contribution is 2.11. The van der Waals surface area contributed by atoms with E-state index < -0.39 is 0 Å². The Bertz CT molecular complexity index is 201. The maximum absolute atomic E-state index is 3.59. The monoisotopic (exact) mass is 133 g/mol. The third-order valence-corrected chi connectivity index (χ3v) is 1.60. The van der Waals surface area contributed by atoms with E-state index in [-0.39, 0.29) is 0 Å². The van der Waals surface area contributed by atoms with Crippen LogP contribution in [0.1, 0.15) is 6.42 Å². The summed E-state index contributed by atoms with van der Waals surface area (Å²) in [4.78, 5) is 0. The fourth-order valence-corrected chi connectivity index (χ4v) is 0.997. The highest BCUT2D eigenvalue weighted by molar-refractivity contribution is 5.19. The Kier molecular flexibility index (Phi) is 2.30. The minimum absolute atomic E-state index is 0.911. The van der Waals surface area contributed by atoms with Gasteiger partial charge in [0, 0.05) is 19.5 Å². The van der Waals surface area contributed by atoms with Crippen molar-refractivity contribution in [1.82, 2.24) is 5.32 Å². The Hall–Kier alpha value is -1.00. The van der Waals surface area contributed by atoms with Crippen molar-refractivity contribution >= 4 is 0 Å². The molecule has 1 nitrogen and oxygen atoms in total. The molecule has 0 aromatic carbocycles. The SMILES string of the molecule is C=C=C1CNCC(=C=C)C1. The third kappa shape index (κ3) is 1.49. The molecule has 1 N–H and O–H groups in total. The van der Waals surface area contributed by atoms with Gasteiger partial charge in [0.2, 0.25) is 0 Å². The molecule has 1 heteroatoms. The van der Waals surface area contributed by atoms with E-state index in [0.717, 1.165) is 19.5 Å². The van der Waals surface area contributed by atoms with Crippen molar-refractivity contribution in [3.05, 3.63) is 35.8 Å². The van der Waals surface area contributed by atoms with Gasteiger partial charge in [-0.05, 0) is 11.1 Å². The summed E-state index contributed by atoms with van der Waals surface area (Å²) < 4.78 is 0. The highest BCUT2D eigenvalue weighted by atomic mass is 14.9. The number of hydrogen-bond acceptors (Lipinski definition) is 1. The molecule has 1 aliphatic heterocycles. The summed E-state index contributed by atoms with van der Waals surface area (Å²) in [5, 5.41) is 3.21. The number of nitrogens with one attached hydrogen (secondary N) is 1. The van der Waals surface area contributed by atoms with Gasteiger partial charge in [0.25, 0.3) is 0 Å². The van der Waals surface area contributed by atoms with Gasteiger partial charge in [0.1, 0.15) is 0 Å². The van der Waals surface area contributed by atoms with E-state index in [4.69, 9.17) is 0 Å². The van der Waals surface area contributed by atoms with Crippen LogP contribution >= 0.6 is 0 Å². The molecule has 0 spiro atoms. The smallest absolute Gasteiger partial charge is 0.0246 e. The quantitative estimate of drug-likeness (QED) is 0.492. The average Bonchev–Trinajstić information content (AvgIpc) is 2.05. The molecule has 52 valence electrons. The second-order valence-corrected chi connectivity index (χ2v) is 2.34. The predicted octanol–water partition coefficient (Wildman–Crippen LogP) is 1.40. The molecule has 0 aromatic heterocycles. The molecule has 0 amide bonds. The van der Waals surface area contributed by atoms with Crippen molar-refractivity contribution in [2.75, 3.05) is 13.1 Å². The van der Waals surface area contributed by atoms with E-state index in [0.29, 0.717) is 0 Å². The standard InChI is InChI=1S/C9H11N/c1-3-8-5-9(4-2)7-10-6-8/h10H,1-2,5-7H2. The van der Waals surface area contributed by atoms with Crippen LogP contribution in [0.25, 0.3) is 0 Å². The second-order valence-electron chi connectivity index (χ2n) is 2.34. The lowest BCUT2D eigenvalue weighted by Crippen LogP contribution is -2.25. The van der Waals surface area contributed by atoms with Crippen molar-refractivity contribution in [3.63, 3.8) is 0 Å². The van der Waals surface area contributed by atoms with E-state index in [9.17, 15) is 0 Å². The molecule has 0 bridgehead atoms. The van der Waals surface area contributed by atoms with Crippen LogP contribution in [-0.4, -0.2) is 13.1 Å². The summed E-state index contributed by atoms with van der Waals surface area (Å²) in [6.45, 7) is 9.00. The van der Waals surface area contributed by atoms with E-state index >= 15 is 0 Å². The lowest BCUT2D eigenvalue weighted by Gasteiger charge is -2.14. The number of rotatable bonds is 0. The average molecular weight is 133 g/mol. The lowest BCUT2D eigenvalue weighted by molar-refractivity contribution is 0.714. The lowest BCUT2D eigenvalue weighted by atomic mass is 10.0. The van der Waals surface area contributed by atoms with Gasteiger partial charge in [-0.3, -0.25) is 0 Å². The topological polar surface area (TPSA) is 12.0 Å². The van der Waals surface area contributed by atoms with Crippen LogP contribution in [0.2, 0.25) is 0 Å². The maximum Gasteiger partial charge on any atom is 0.0246 e. The van der Waals surface area contributed by atoms with Gasteiger partial charge in [0.15, 0.2) is 0 Å². The minimum Gasteiger partial charge on any atom is -0.308 e. The molecule has 1 rings (SSSR count). The molecule has 0 aliphatic carbocycles. The summed E-state index contributed by atoms with van der Waals surface area (Å²) >= 11 is 0. The molecule has 1 heterocycles. The Balaban J connectivity index is 2.74. The Morgan fingerprint density at radius 1 is 1.10 bits per heavy atom. The van der Waals surface area contributed by atoms with Crippen LogP contribution < -0.4 is 5.32 Å². The van der Waals surface area contributed by atoms with E-state index in [1.165, 1.54) is 11.1 Å². The molecule has 0 atom stereocenters. The second kappa shape index (κ2) is 3.24. The first-order valence-electron chi connectivity index (χ1n) is 3.33. The summed E-state index contributed by atoms with van der Waals surface area (Å²) in [6.07, 6.45) is 0.944. The van der Waals surface area contributed by atoms with Crippen molar-refractivity contribution < 1.29 is 0 Å². The Labute approximate surface area is 61.4 Å². The molecule has 1 fully saturated rings. The van der Waals surface area contributed by atoms with Crippen LogP contribution in [0.3, 0.4) is 0 Å². The largest absolute Gasteiger partial charge is 0.308 e. The van der Waals surface area contributed by atoms with Crippen LogP contribution in [0.15, 0.2) is 35.8 Å². The predicted molar refractivity (Wildman–Crippen MR) is 42.8 cm³/mol. The van der Waals surface area contributed by atoms with E-state index in [2.05, 4.69) is 29.9 Å². The molecule has 0 saturated carbocycles. The summed E-state index contributed by atoms with van der Waals surface area (Å²) in [5.41, 5.74) is 8.18. The molecule has 0 aromatic rings. The minimum atomic E-state index is 0.911. The van der Waals surface area contributed by atoms with Crippen molar-refractivity contribution in [1.29, 1.82) is 0 Å². The Morgan fingerprint density at radius 3 is 2.00 bits per heavy atom.